The maximum atomic E-state index is 12.9. The maximum absolute atomic E-state index is 12.9. The quantitative estimate of drug-likeness (QED) is 0.378. The van der Waals surface area contributed by atoms with Gasteiger partial charge in [0.1, 0.15) is 5.76 Å². The number of anilines is 1. The van der Waals surface area contributed by atoms with Crippen molar-refractivity contribution in [3.63, 3.8) is 0 Å². The van der Waals surface area contributed by atoms with Crippen LogP contribution in [0.5, 0.6) is 0 Å². The van der Waals surface area contributed by atoms with Gasteiger partial charge < -0.3 is 9.73 Å². The van der Waals surface area contributed by atoms with Crippen molar-refractivity contribution in [1.82, 2.24) is 4.90 Å². The minimum atomic E-state index is -4.34. The molecule has 35 heavy (non-hydrogen) atoms. The minimum absolute atomic E-state index is 0.233. The standard InChI is InChI=1S/C28H31F3N2O2/c1-19-8-13-23(16-20(19)2)32-27(34)26-15-14-25(35-26)18-33(24-6-4-3-5-7-24)17-21-9-11-22(12-10-21)28(29,30)31/h8-16,24H,3-7,17-18H2,1-2H3,(H,32,34). The number of halogens is 3. The van der Waals surface area contributed by atoms with Gasteiger partial charge in [0, 0.05) is 18.3 Å². The number of carbonyl (C=O) groups excluding carboxylic acids is 1. The Morgan fingerprint density at radius 1 is 0.943 bits per heavy atom. The highest BCUT2D eigenvalue weighted by atomic mass is 19.4. The Hall–Kier alpha value is -3.06. The summed E-state index contributed by atoms with van der Waals surface area (Å²) in [6.07, 6.45) is 1.22. The average Bonchev–Trinajstić information content (AvgIpc) is 3.30. The first-order chi connectivity index (χ1) is 16.7. The molecule has 1 fully saturated rings. The zero-order chi connectivity index (χ0) is 25.0. The molecule has 0 radical (unpaired) electrons. The second kappa shape index (κ2) is 10.7. The number of hydrogen-bond donors (Lipinski definition) is 1. The monoisotopic (exact) mass is 484 g/mol. The molecule has 1 aliphatic rings. The van der Waals surface area contributed by atoms with E-state index in [2.05, 4.69) is 10.2 Å². The van der Waals surface area contributed by atoms with Gasteiger partial charge in [0.25, 0.3) is 5.91 Å². The van der Waals surface area contributed by atoms with Gasteiger partial charge in [-0.2, -0.15) is 13.2 Å². The van der Waals surface area contributed by atoms with Crippen molar-refractivity contribution >= 4 is 11.6 Å². The van der Waals surface area contributed by atoms with Crippen LogP contribution in [0.25, 0.3) is 0 Å². The van der Waals surface area contributed by atoms with Gasteiger partial charge in [-0.1, -0.05) is 37.5 Å². The number of benzene rings is 2. The smallest absolute Gasteiger partial charge is 0.416 e. The lowest BCUT2D eigenvalue weighted by Crippen LogP contribution is -2.35. The first kappa shape index (κ1) is 25.0. The molecule has 4 rings (SSSR count). The largest absolute Gasteiger partial charge is 0.455 e. The van der Waals surface area contributed by atoms with Crippen LogP contribution in [0.2, 0.25) is 0 Å². The molecule has 1 aromatic heterocycles. The summed E-state index contributed by atoms with van der Waals surface area (Å²) in [7, 11) is 0. The number of rotatable bonds is 7. The molecule has 0 spiro atoms. The molecule has 4 nitrogen and oxygen atoms in total. The van der Waals surface area contributed by atoms with E-state index >= 15 is 0 Å². The van der Waals surface area contributed by atoms with Crippen molar-refractivity contribution in [2.24, 2.45) is 0 Å². The van der Waals surface area contributed by atoms with Crippen LogP contribution in [0.3, 0.4) is 0 Å². The van der Waals surface area contributed by atoms with Gasteiger partial charge in [-0.05, 0) is 79.8 Å². The fourth-order valence-electron chi connectivity index (χ4n) is 4.59. The molecule has 1 amide bonds. The van der Waals surface area contributed by atoms with E-state index in [9.17, 15) is 18.0 Å². The van der Waals surface area contributed by atoms with Gasteiger partial charge in [-0.25, -0.2) is 0 Å². The van der Waals surface area contributed by atoms with Crippen molar-refractivity contribution in [3.8, 4) is 0 Å². The van der Waals surface area contributed by atoms with Crippen LogP contribution in [0.15, 0.2) is 59.0 Å². The van der Waals surface area contributed by atoms with E-state index in [4.69, 9.17) is 4.42 Å². The number of carbonyl (C=O) groups is 1. The molecule has 1 N–H and O–H groups in total. The fourth-order valence-corrected chi connectivity index (χ4v) is 4.59. The van der Waals surface area contributed by atoms with Crippen LogP contribution in [0.1, 0.15) is 70.7 Å². The van der Waals surface area contributed by atoms with E-state index < -0.39 is 11.7 Å². The Bertz CT molecular complexity index is 1150. The lowest BCUT2D eigenvalue weighted by Gasteiger charge is -2.34. The van der Waals surface area contributed by atoms with Gasteiger partial charge in [-0.15, -0.1) is 0 Å². The maximum Gasteiger partial charge on any atom is 0.416 e. The van der Waals surface area contributed by atoms with E-state index in [1.807, 2.05) is 32.0 Å². The molecule has 1 heterocycles. The van der Waals surface area contributed by atoms with E-state index in [1.165, 1.54) is 6.42 Å². The summed E-state index contributed by atoms with van der Waals surface area (Å²) < 4.78 is 44.7. The summed E-state index contributed by atoms with van der Waals surface area (Å²) in [5, 5.41) is 2.88. The zero-order valence-electron chi connectivity index (χ0n) is 20.1. The van der Waals surface area contributed by atoms with Crippen molar-refractivity contribution in [3.05, 3.63) is 88.4 Å². The highest BCUT2D eigenvalue weighted by molar-refractivity contribution is 6.02. The number of amides is 1. The summed E-state index contributed by atoms with van der Waals surface area (Å²) in [6, 6.07) is 14.9. The SMILES string of the molecule is Cc1ccc(NC(=O)c2ccc(CN(Cc3ccc(C(F)(F)F)cc3)C3CCCCC3)o2)cc1C. The summed E-state index contributed by atoms with van der Waals surface area (Å²) in [5.41, 5.74) is 3.13. The molecule has 1 aliphatic carbocycles. The van der Waals surface area contributed by atoms with Crippen LogP contribution >= 0.6 is 0 Å². The third-order valence-corrected chi connectivity index (χ3v) is 6.77. The van der Waals surface area contributed by atoms with Gasteiger partial charge in [0.2, 0.25) is 0 Å². The second-order valence-electron chi connectivity index (χ2n) is 9.41. The number of hydrogen-bond acceptors (Lipinski definition) is 3. The highest BCUT2D eigenvalue weighted by Crippen LogP contribution is 2.30. The van der Waals surface area contributed by atoms with Gasteiger partial charge in [0.05, 0.1) is 12.1 Å². The van der Waals surface area contributed by atoms with Gasteiger partial charge >= 0.3 is 6.18 Å². The Labute approximate surface area is 204 Å². The van der Waals surface area contributed by atoms with Crippen LogP contribution < -0.4 is 5.32 Å². The summed E-state index contributed by atoms with van der Waals surface area (Å²) in [5.74, 6) is 0.579. The second-order valence-corrected chi connectivity index (χ2v) is 9.41. The first-order valence-corrected chi connectivity index (χ1v) is 12.1. The fraction of sp³-hybridized carbons (Fsp3) is 0.393. The molecule has 0 bridgehead atoms. The highest BCUT2D eigenvalue weighted by Gasteiger charge is 2.30. The van der Waals surface area contributed by atoms with Crippen LogP contribution in [-0.2, 0) is 19.3 Å². The summed E-state index contributed by atoms with van der Waals surface area (Å²) in [6.45, 7) is 5.02. The molecule has 7 heteroatoms. The molecule has 0 unspecified atom stereocenters. The van der Waals surface area contributed by atoms with Crippen LogP contribution in [-0.4, -0.2) is 16.8 Å². The van der Waals surface area contributed by atoms with Gasteiger partial charge in [-0.3, -0.25) is 9.69 Å². The lowest BCUT2D eigenvalue weighted by molar-refractivity contribution is -0.137. The molecule has 3 aromatic rings. The number of furan rings is 1. The zero-order valence-corrected chi connectivity index (χ0v) is 20.1. The minimum Gasteiger partial charge on any atom is -0.455 e. The Morgan fingerprint density at radius 2 is 1.66 bits per heavy atom. The molecule has 0 aliphatic heterocycles. The third kappa shape index (κ3) is 6.54. The molecule has 2 aromatic carbocycles. The Morgan fingerprint density at radius 3 is 2.31 bits per heavy atom. The molecule has 0 atom stereocenters. The normalized spacial score (nSPS) is 14.9. The van der Waals surface area contributed by atoms with E-state index in [1.54, 1.807) is 24.3 Å². The molecule has 186 valence electrons. The molecular formula is C28H31F3N2O2. The summed E-state index contributed by atoms with van der Waals surface area (Å²) in [4.78, 5) is 15.0. The number of alkyl halides is 3. The Balaban J connectivity index is 1.46. The first-order valence-electron chi connectivity index (χ1n) is 12.1. The number of nitrogens with zero attached hydrogens (tertiary/aromatic N) is 1. The van der Waals surface area contributed by atoms with Gasteiger partial charge in [0.15, 0.2) is 5.76 Å². The molecular weight excluding hydrogens is 453 g/mol. The predicted octanol–water partition coefficient (Wildman–Crippen LogP) is 7.50. The van der Waals surface area contributed by atoms with Crippen LogP contribution in [0, 0.1) is 13.8 Å². The number of nitrogens with one attached hydrogen (secondary N) is 1. The predicted molar refractivity (Wildman–Crippen MR) is 130 cm³/mol. The van der Waals surface area contributed by atoms with Crippen molar-refractivity contribution in [1.29, 1.82) is 0 Å². The third-order valence-electron chi connectivity index (χ3n) is 6.77. The van der Waals surface area contributed by atoms with E-state index in [-0.39, 0.29) is 11.7 Å². The molecule has 0 saturated heterocycles. The Kier molecular flexibility index (Phi) is 7.65. The molecule has 1 saturated carbocycles. The van der Waals surface area contributed by atoms with Crippen molar-refractivity contribution in [2.75, 3.05) is 5.32 Å². The van der Waals surface area contributed by atoms with Crippen molar-refractivity contribution in [2.45, 2.75) is 71.3 Å². The lowest BCUT2D eigenvalue weighted by atomic mass is 9.93. The number of aryl methyl sites for hydroxylation is 2. The average molecular weight is 485 g/mol. The van der Waals surface area contributed by atoms with Crippen LogP contribution in [0.4, 0.5) is 18.9 Å². The summed E-state index contributed by atoms with van der Waals surface area (Å²) >= 11 is 0. The topological polar surface area (TPSA) is 45.5 Å². The van der Waals surface area contributed by atoms with E-state index in [0.717, 1.165) is 54.5 Å². The van der Waals surface area contributed by atoms with E-state index in [0.29, 0.717) is 30.6 Å². The van der Waals surface area contributed by atoms with Crippen molar-refractivity contribution < 1.29 is 22.4 Å².